The summed E-state index contributed by atoms with van der Waals surface area (Å²) < 4.78 is 6.46. The van der Waals surface area contributed by atoms with Gasteiger partial charge in [0, 0.05) is 10.8 Å². The van der Waals surface area contributed by atoms with Crippen molar-refractivity contribution in [2.24, 2.45) is 0 Å². The predicted molar refractivity (Wildman–Crippen MR) is 274 cm³/mol. The van der Waals surface area contributed by atoms with Crippen LogP contribution in [-0.2, 0) is 0 Å². The highest BCUT2D eigenvalue weighted by molar-refractivity contribution is 6.20. The molecule has 65 heavy (non-hydrogen) atoms. The molecule has 2 aliphatic rings. The second-order valence-corrected chi connectivity index (χ2v) is 17.9. The molecule has 0 saturated carbocycles. The molecule has 1 nitrogen and oxygen atoms in total. The van der Waals surface area contributed by atoms with E-state index in [-0.39, 0.29) is 0 Å². The number of benzene rings is 12. The van der Waals surface area contributed by atoms with E-state index in [0.717, 1.165) is 21.9 Å². The Labute approximate surface area is 375 Å². The Bertz CT molecular complexity index is 3910. The smallest absolute Gasteiger partial charge is 0.135 e. The Balaban J connectivity index is 0.790. The molecule has 2 aliphatic carbocycles. The summed E-state index contributed by atoms with van der Waals surface area (Å²) in [7, 11) is 0. The van der Waals surface area contributed by atoms with Gasteiger partial charge in [0.15, 0.2) is 0 Å². The molecule has 12 aromatic carbocycles. The molecular formula is C64H36O. The van der Waals surface area contributed by atoms with Crippen LogP contribution in [0.25, 0.3) is 154 Å². The van der Waals surface area contributed by atoms with E-state index in [1.54, 1.807) is 0 Å². The average Bonchev–Trinajstić information content (AvgIpc) is 4.02. The lowest BCUT2D eigenvalue weighted by Crippen LogP contribution is -1.85. The molecule has 1 aromatic heterocycles. The molecule has 13 aromatic rings. The van der Waals surface area contributed by atoms with Gasteiger partial charge in [0.1, 0.15) is 11.2 Å². The van der Waals surface area contributed by atoms with E-state index in [9.17, 15) is 0 Å². The first kappa shape index (κ1) is 35.0. The van der Waals surface area contributed by atoms with Crippen LogP contribution in [0.5, 0.6) is 0 Å². The molecule has 15 rings (SSSR count). The molecule has 0 amide bonds. The number of hydrogen-bond donors (Lipinski definition) is 0. The van der Waals surface area contributed by atoms with Gasteiger partial charge < -0.3 is 4.42 Å². The van der Waals surface area contributed by atoms with Crippen molar-refractivity contribution in [3.63, 3.8) is 0 Å². The van der Waals surface area contributed by atoms with Crippen LogP contribution >= 0.6 is 0 Å². The highest BCUT2D eigenvalue weighted by Gasteiger charge is 2.24. The zero-order valence-electron chi connectivity index (χ0n) is 35.2. The van der Waals surface area contributed by atoms with Crippen molar-refractivity contribution in [1.82, 2.24) is 0 Å². The maximum absolute atomic E-state index is 6.46. The van der Waals surface area contributed by atoms with Crippen LogP contribution in [0.2, 0.25) is 0 Å². The summed E-state index contributed by atoms with van der Waals surface area (Å²) >= 11 is 0. The molecule has 0 N–H and O–H groups in total. The number of hydrogen-bond acceptors (Lipinski definition) is 1. The van der Waals surface area contributed by atoms with Crippen LogP contribution in [0.1, 0.15) is 0 Å². The predicted octanol–water partition coefficient (Wildman–Crippen LogP) is 18.2. The van der Waals surface area contributed by atoms with Crippen molar-refractivity contribution in [1.29, 1.82) is 0 Å². The fourth-order valence-corrected chi connectivity index (χ4v) is 11.4. The first-order valence-electron chi connectivity index (χ1n) is 22.6. The Kier molecular flexibility index (Phi) is 7.01. The van der Waals surface area contributed by atoms with Crippen LogP contribution in [0.15, 0.2) is 223 Å². The lowest BCUT2D eigenvalue weighted by atomic mass is 9.92. The van der Waals surface area contributed by atoms with Crippen molar-refractivity contribution in [3.8, 4) is 89.0 Å². The molecule has 0 spiro atoms. The molecule has 0 radical (unpaired) electrons. The number of rotatable bonds is 4. The summed E-state index contributed by atoms with van der Waals surface area (Å²) in [6.45, 7) is 0. The van der Waals surface area contributed by atoms with E-state index in [0.29, 0.717) is 0 Å². The van der Waals surface area contributed by atoms with E-state index in [1.807, 2.05) is 0 Å². The van der Waals surface area contributed by atoms with Crippen molar-refractivity contribution in [3.05, 3.63) is 218 Å². The number of furan rings is 1. The summed E-state index contributed by atoms with van der Waals surface area (Å²) in [5, 5.41) is 12.5. The van der Waals surface area contributed by atoms with E-state index in [2.05, 4.69) is 218 Å². The normalized spacial score (nSPS) is 12.3. The van der Waals surface area contributed by atoms with Gasteiger partial charge in [-0.05, 0) is 181 Å². The fraction of sp³-hybridized carbons (Fsp3) is 0. The van der Waals surface area contributed by atoms with Crippen molar-refractivity contribution < 1.29 is 4.42 Å². The second-order valence-electron chi connectivity index (χ2n) is 17.9. The first-order chi connectivity index (χ1) is 32.2. The van der Waals surface area contributed by atoms with Crippen LogP contribution in [0, 0.1) is 0 Å². The molecule has 0 saturated heterocycles. The number of fused-ring (bicyclic) bond motifs is 11. The standard InChI is InChI=1S/C64H36O/c1-3-9-51-49(7-1)55-13-5-11-53-47(25-27-57(51)63(53)55)43-21-17-37-15-19-39(31-45(37)33-43)41-23-29-61-59(35-41)60-36-42(24-30-62(60)65-61)40-20-16-38-18-22-44(34-46(38)32-40)48-26-28-58-52-10-4-2-8-50(52)56-14-6-12-54(48)64(56)58/h1-36H. The van der Waals surface area contributed by atoms with Crippen LogP contribution in [0.3, 0.4) is 0 Å². The van der Waals surface area contributed by atoms with Crippen LogP contribution < -0.4 is 0 Å². The third-order valence-corrected chi connectivity index (χ3v) is 14.5. The molecule has 0 atom stereocenters. The van der Waals surface area contributed by atoms with Gasteiger partial charge in [0.05, 0.1) is 0 Å². The molecule has 1 heteroatoms. The Hall–Kier alpha value is -8.52. The summed E-state index contributed by atoms with van der Waals surface area (Å²) in [6.07, 6.45) is 0. The Morgan fingerprint density at radius 1 is 0.200 bits per heavy atom. The van der Waals surface area contributed by atoms with Crippen LogP contribution in [0.4, 0.5) is 0 Å². The Morgan fingerprint density at radius 3 is 0.985 bits per heavy atom. The topological polar surface area (TPSA) is 13.1 Å². The summed E-state index contributed by atoms with van der Waals surface area (Å²) in [6, 6.07) is 81.1. The minimum absolute atomic E-state index is 0.898. The van der Waals surface area contributed by atoms with E-state index in [1.165, 1.54) is 132 Å². The largest absolute Gasteiger partial charge is 0.456 e. The molecule has 0 bridgehead atoms. The fourth-order valence-electron chi connectivity index (χ4n) is 11.4. The molecular weight excluding hydrogens is 785 g/mol. The third kappa shape index (κ3) is 5.04. The summed E-state index contributed by atoms with van der Waals surface area (Å²) in [4.78, 5) is 0. The highest BCUT2D eigenvalue weighted by Crippen LogP contribution is 2.51. The minimum Gasteiger partial charge on any atom is -0.456 e. The zero-order chi connectivity index (χ0) is 42.3. The maximum atomic E-state index is 6.46. The van der Waals surface area contributed by atoms with Gasteiger partial charge in [-0.3, -0.25) is 0 Å². The van der Waals surface area contributed by atoms with Crippen molar-refractivity contribution in [2.45, 2.75) is 0 Å². The van der Waals surface area contributed by atoms with Gasteiger partial charge in [0.2, 0.25) is 0 Å². The van der Waals surface area contributed by atoms with Gasteiger partial charge in [-0.25, -0.2) is 0 Å². The molecule has 1 heterocycles. The lowest BCUT2D eigenvalue weighted by molar-refractivity contribution is 0.669. The Morgan fingerprint density at radius 2 is 0.538 bits per heavy atom. The average molecular weight is 821 g/mol. The lowest BCUT2D eigenvalue weighted by Gasteiger charge is -2.11. The maximum Gasteiger partial charge on any atom is 0.135 e. The van der Waals surface area contributed by atoms with Gasteiger partial charge in [-0.2, -0.15) is 0 Å². The molecule has 0 unspecified atom stereocenters. The highest BCUT2D eigenvalue weighted by atomic mass is 16.3. The van der Waals surface area contributed by atoms with Gasteiger partial charge >= 0.3 is 0 Å². The summed E-state index contributed by atoms with van der Waals surface area (Å²) in [5.41, 5.74) is 22.1. The summed E-state index contributed by atoms with van der Waals surface area (Å²) in [5.74, 6) is 0. The van der Waals surface area contributed by atoms with Crippen molar-refractivity contribution in [2.75, 3.05) is 0 Å². The first-order valence-corrected chi connectivity index (χ1v) is 22.6. The van der Waals surface area contributed by atoms with Gasteiger partial charge in [-0.1, -0.05) is 170 Å². The second kappa shape index (κ2) is 13.0. The van der Waals surface area contributed by atoms with Crippen LogP contribution in [-0.4, -0.2) is 0 Å². The van der Waals surface area contributed by atoms with Crippen molar-refractivity contribution >= 4 is 65.0 Å². The van der Waals surface area contributed by atoms with Gasteiger partial charge in [0.25, 0.3) is 0 Å². The monoisotopic (exact) mass is 820 g/mol. The molecule has 298 valence electrons. The molecule has 0 aliphatic heterocycles. The third-order valence-electron chi connectivity index (χ3n) is 14.5. The SMILES string of the molecule is c1ccc2c(c1)-c1cccc3c(-c4ccc5ccc(-c6ccc7oc8ccc(-c9ccc%10ccc(-c%11ccc%12c%13c(cccc%11%13)-c%11ccccc%11-%12)cc%10c9)cc8c7c6)cc5c4)ccc-2c13. The van der Waals surface area contributed by atoms with E-state index in [4.69, 9.17) is 4.42 Å². The van der Waals surface area contributed by atoms with E-state index < -0.39 is 0 Å². The quantitative estimate of drug-likeness (QED) is 0.172. The van der Waals surface area contributed by atoms with Gasteiger partial charge in [-0.15, -0.1) is 0 Å². The minimum atomic E-state index is 0.898. The van der Waals surface area contributed by atoms with E-state index >= 15 is 0 Å². The molecule has 0 fully saturated rings. The zero-order valence-corrected chi connectivity index (χ0v) is 35.2.